The molecule has 2 rings (SSSR count). The smallest absolute Gasteiger partial charge is 0.139 e. The lowest BCUT2D eigenvalue weighted by molar-refractivity contribution is 0.167. The number of aryl methyl sites for hydroxylation is 1. The van der Waals surface area contributed by atoms with Crippen LogP contribution in [0.5, 0.6) is 5.75 Å². The van der Waals surface area contributed by atoms with Crippen LogP contribution in [0, 0.1) is 6.92 Å². The van der Waals surface area contributed by atoms with E-state index in [0.29, 0.717) is 0 Å². The molecule has 2 aromatic carbocycles. The molecule has 0 heterocycles. The lowest BCUT2D eigenvalue weighted by Crippen LogP contribution is -2.31. The SMILES string of the molecule is CCC(N)C(Oc1ccccc1SC)c1ccc(C)cc1. The predicted molar refractivity (Wildman–Crippen MR) is 91.0 cm³/mol. The topological polar surface area (TPSA) is 35.2 Å². The van der Waals surface area contributed by atoms with Crippen molar-refractivity contribution in [2.75, 3.05) is 6.26 Å². The largest absolute Gasteiger partial charge is 0.483 e. The summed E-state index contributed by atoms with van der Waals surface area (Å²) in [5.74, 6) is 0.902. The minimum absolute atomic E-state index is 0.0254. The van der Waals surface area contributed by atoms with Crippen molar-refractivity contribution in [3.63, 3.8) is 0 Å². The molecule has 0 radical (unpaired) electrons. The first-order valence-electron chi connectivity index (χ1n) is 7.27. The van der Waals surface area contributed by atoms with E-state index < -0.39 is 0 Å². The van der Waals surface area contributed by atoms with Gasteiger partial charge in [-0.2, -0.15) is 0 Å². The third-order valence-electron chi connectivity index (χ3n) is 3.59. The fraction of sp³-hybridized carbons (Fsp3) is 0.333. The van der Waals surface area contributed by atoms with Gasteiger partial charge in [-0.05, 0) is 37.3 Å². The molecule has 0 saturated carbocycles. The van der Waals surface area contributed by atoms with Crippen LogP contribution in [0.4, 0.5) is 0 Å². The van der Waals surface area contributed by atoms with E-state index in [1.165, 1.54) is 5.56 Å². The summed E-state index contributed by atoms with van der Waals surface area (Å²) in [5, 5.41) is 0. The van der Waals surface area contributed by atoms with Crippen LogP contribution in [0.1, 0.15) is 30.6 Å². The second kappa shape index (κ2) is 7.53. The summed E-state index contributed by atoms with van der Waals surface area (Å²) >= 11 is 1.69. The lowest BCUT2D eigenvalue weighted by Gasteiger charge is -2.26. The first-order valence-corrected chi connectivity index (χ1v) is 8.50. The van der Waals surface area contributed by atoms with E-state index in [1.807, 2.05) is 18.2 Å². The summed E-state index contributed by atoms with van der Waals surface area (Å²) in [5.41, 5.74) is 8.67. The van der Waals surface area contributed by atoms with Crippen molar-refractivity contribution in [1.29, 1.82) is 0 Å². The highest BCUT2D eigenvalue weighted by Crippen LogP contribution is 2.32. The number of rotatable bonds is 6. The number of para-hydroxylation sites is 1. The van der Waals surface area contributed by atoms with Crippen molar-refractivity contribution in [2.24, 2.45) is 5.73 Å². The highest BCUT2D eigenvalue weighted by atomic mass is 32.2. The molecule has 0 amide bonds. The molecule has 0 spiro atoms. The van der Waals surface area contributed by atoms with E-state index in [1.54, 1.807) is 11.8 Å². The van der Waals surface area contributed by atoms with E-state index in [9.17, 15) is 0 Å². The van der Waals surface area contributed by atoms with Crippen LogP contribution in [-0.4, -0.2) is 12.3 Å². The molecular weight excluding hydrogens is 278 g/mol. The van der Waals surface area contributed by atoms with Gasteiger partial charge in [0.15, 0.2) is 0 Å². The molecular formula is C18H23NOS. The van der Waals surface area contributed by atoms with Gasteiger partial charge in [-0.25, -0.2) is 0 Å². The Morgan fingerprint density at radius 1 is 1.10 bits per heavy atom. The Bertz CT molecular complexity index is 568. The molecule has 2 atom stereocenters. The first kappa shape index (κ1) is 15.9. The first-order chi connectivity index (χ1) is 10.2. The lowest BCUT2D eigenvalue weighted by atomic mass is 10.00. The van der Waals surface area contributed by atoms with E-state index >= 15 is 0 Å². The Balaban J connectivity index is 2.30. The Hall–Kier alpha value is -1.45. The predicted octanol–water partition coefficient (Wildman–Crippen LogP) is 4.57. The van der Waals surface area contributed by atoms with Crippen LogP contribution >= 0.6 is 11.8 Å². The van der Waals surface area contributed by atoms with Gasteiger partial charge in [0, 0.05) is 10.9 Å². The van der Waals surface area contributed by atoms with E-state index in [4.69, 9.17) is 10.5 Å². The van der Waals surface area contributed by atoms with Gasteiger partial charge in [0.2, 0.25) is 0 Å². The number of ether oxygens (including phenoxy) is 1. The molecule has 0 bridgehead atoms. The average molecular weight is 301 g/mol. The minimum Gasteiger partial charge on any atom is -0.483 e. The highest BCUT2D eigenvalue weighted by Gasteiger charge is 2.21. The third kappa shape index (κ3) is 4.02. The number of benzene rings is 2. The maximum absolute atomic E-state index is 6.29. The van der Waals surface area contributed by atoms with E-state index in [0.717, 1.165) is 22.6 Å². The van der Waals surface area contributed by atoms with Crippen molar-refractivity contribution in [3.05, 3.63) is 59.7 Å². The molecule has 112 valence electrons. The molecule has 2 nitrogen and oxygen atoms in total. The Labute approximate surface area is 131 Å². The van der Waals surface area contributed by atoms with Crippen LogP contribution < -0.4 is 10.5 Å². The zero-order valence-electron chi connectivity index (χ0n) is 12.9. The maximum atomic E-state index is 6.29. The molecule has 0 aliphatic rings. The second-order valence-electron chi connectivity index (χ2n) is 5.17. The molecule has 0 aliphatic heterocycles. The molecule has 0 fully saturated rings. The van der Waals surface area contributed by atoms with Gasteiger partial charge in [0.05, 0.1) is 0 Å². The van der Waals surface area contributed by atoms with Crippen molar-refractivity contribution < 1.29 is 4.74 Å². The summed E-state index contributed by atoms with van der Waals surface area (Å²) < 4.78 is 6.27. The van der Waals surface area contributed by atoms with Crippen molar-refractivity contribution >= 4 is 11.8 Å². The zero-order chi connectivity index (χ0) is 15.2. The number of hydrogen-bond donors (Lipinski definition) is 1. The van der Waals surface area contributed by atoms with Crippen LogP contribution in [0.3, 0.4) is 0 Å². The summed E-state index contributed by atoms with van der Waals surface area (Å²) in [6, 6.07) is 16.5. The van der Waals surface area contributed by atoms with Crippen molar-refractivity contribution in [2.45, 2.75) is 37.3 Å². The van der Waals surface area contributed by atoms with Crippen LogP contribution in [-0.2, 0) is 0 Å². The normalized spacial score (nSPS) is 13.7. The Morgan fingerprint density at radius 3 is 2.38 bits per heavy atom. The average Bonchev–Trinajstić information content (AvgIpc) is 2.53. The van der Waals surface area contributed by atoms with Crippen molar-refractivity contribution in [3.8, 4) is 5.75 Å². The zero-order valence-corrected chi connectivity index (χ0v) is 13.7. The van der Waals surface area contributed by atoms with Gasteiger partial charge in [0.25, 0.3) is 0 Å². The van der Waals surface area contributed by atoms with Gasteiger partial charge in [-0.3, -0.25) is 0 Å². The third-order valence-corrected chi connectivity index (χ3v) is 4.37. The molecule has 2 N–H and O–H groups in total. The van der Waals surface area contributed by atoms with Crippen molar-refractivity contribution in [1.82, 2.24) is 0 Å². The molecule has 2 aromatic rings. The highest BCUT2D eigenvalue weighted by molar-refractivity contribution is 7.98. The number of nitrogens with two attached hydrogens (primary N) is 1. The summed E-state index contributed by atoms with van der Waals surface area (Å²) in [6.07, 6.45) is 2.81. The summed E-state index contributed by atoms with van der Waals surface area (Å²) in [7, 11) is 0. The molecule has 2 unspecified atom stereocenters. The van der Waals surface area contributed by atoms with E-state index in [-0.39, 0.29) is 12.1 Å². The van der Waals surface area contributed by atoms with Gasteiger partial charge >= 0.3 is 0 Å². The minimum atomic E-state index is -0.121. The fourth-order valence-corrected chi connectivity index (χ4v) is 2.76. The van der Waals surface area contributed by atoms with Crippen LogP contribution in [0.25, 0.3) is 0 Å². The monoisotopic (exact) mass is 301 g/mol. The van der Waals surface area contributed by atoms with Gasteiger partial charge in [-0.1, -0.05) is 48.9 Å². The Morgan fingerprint density at radius 2 is 1.76 bits per heavy atom. The molecule has 3 heteroatoms. The standard InChI is InChI=1S/C18H23NOS/c1-4-15(19)18(14-11-9-13(2)10-12-14)20-16-7-5-6-8-17(16)21-3/h5-12,15,18H,4,19H2,1-3H3. The molecule has 0 saturated heterocycles. The Kier molecular flexibility index (Phi) is 5.71. The fourth-order valence-electron chi connectivity index (χ4n) is 2.23. The molecule has 0 aliphatic carbocycles. The quantitative estimate of drug-likeness (QED) is 0.794. The van der Waals surface area contributed by atoms with Gasteiger partial charge in [-0.15, -0.1) is 11.8 Å². The van der Waals surface area contributed by atoms with Crippen LogP contribution in [0.2, 0.25) is 0 Å². The molecule has 21 heavy (non-hydrogen) atoms. The van der Waals surface area contributed by atoms with Gasteiger partial charge < -0.3 is 10.5 Å². The summed E-state index contributed by atoms with van der Waals surface area (Å²) in [6.45, 7) is 4.18. The maximum Gasteiger partial charge on any atom is 0.139 e. The van der Waals surface area contributed by atoms with Gasteiger partial charge in [0.1, 0.15) is 11.9 Å². The molecule has 0 aromatic heterocycles. The summed E-state index contributed by atoms with van der Waals surface area (Å²) in [4.78, 5) is 1.14. The van der Waals surface area contributed by atoms with Crippen LogP contribution in [0.15, 0.2) is 53.4 Å². The second-order valence-corrected chi connectivity index (χ2v) is 6.02. The number of hydrogen-bond acceptors (Lipinski definition) is 3. The number of thioether (sulfide) groups is 1. The van der Waals surface area contributed by atoms with E-state index in [2.05, 4.69) is 50.4 Å².